The van der Waals surface area contributed by atoms with Crippen LogP contribution in [0.25, 0.3) is 0 Å². The first-order chi connectivity index (χ1) is 12.2. The van der Waals surface area contributed by atoms with Crippen LogP contribution >= 0.6 is 11.6 Å². The van der Waals surface area contributed by atoms with Crippen molar-refractivity contribution in [2.24, 2.45) is 5.92 Å². The Balaban J connectivity index is 1.33. The van der Waals surface area contributed by atoms with Gasteiger partial charge in [-0.05, 0) is 30.7 Å². The van der Waals surface area contributed by atoms with Crippen molar-refractivity contribution in [1.82, 2.24) is 14.9 Å². The maximum Gasteiger partial charge on any atom is 0.149 e. The quantitative estimate of drug-likeness (QED) is 0.836. The van der Waals surface area contributed by atoms with E-state index < -0.39 is 0 Å². The second-order valence-corrected chi connectivity index (χ2v) is 7.05. The number of hydrogen-bond acceptors (Lipinski definition) is 5. The van der Waals surface area contributed by atoms with E-state index in [1.807, 2.05) is 0 Å². The van der Waals surface area contributed by atoms with E-state index in [0.717, 1.165) is 44.2 Å². The number of piperazine rings is 1. The van der Waals surface area contributed by atoms with Crippen molar-refractivity contribution < 1.29 is 9.13 Å². The molecule has 0 saturated carbocycles. The number of aromatic nitrogens is 2. The third-order valence-corrected chi connectivity index (χ3v) is 5.10. The fourth-order valence-corrected chi connectivity index (χ4v) is 3.85. The monoisotopic (exact) mass is 362 g/mol. The summed E-state index contributed by atoms with van der Waals surface area (Å²) in [5.74, 6) is 1.82. The maximum absolute atomic E-state index is 12.9. The highest BCUT2D eigenvalue weighted by atomic mass is 35.5. The SMILES string of the molecule is Fc1ccc(OC[C@H]2C[C@H]3CN(c4cncc(Cl)n4)CCN3C2)cc1. The molecule has 2 saturated heterocycles. The molecule has 1 aromatic carbocycles. The van der Waals surface area contributed by atoms with Crippen LogP contribution < -0.4 is 9.64 Å². The van der Waals surface area contributed by atoms with Crippen molar-refractivity contribution in [3.05, 3.63) is 47.6 Å². The topological polar surface area (TPSA) is 41.5 Å². The Hall–Kier alpha value is -1.92. The van der Waals surface area contributed by atoms with Crippen LogP contribution in [0.4, 0.5) is 10.2 Å². The number of halogens is 2. The summed E-state index contributed by atoms with van der Waals surface area (Å²) in [4.78, 5) is 13.3. The lowest BCUT2D eigenvalue weighted by molar-refractivity contribution is 0.216. The van der Waals surface area contributed by atoms with Gasteiger partial charge in [0.15, 0.2) is 0 Å². The first-order valence-corrected chi connectivity index (χ1v) is 8.90. The van der Waals surface area contributed by atoms with Crippen LogP contribution in [0, 0.1) is 11.7 Å². The van der Waals surface area contributed by atoms with Gasteiger partial charge in [-0.3, -0.25) is 9.88 Å². The molecule has 2 aliphatic heterocycles. The van der Waals surface area contributed by atoms with Crippen LogP contribution in [0.1, 0.15) is 6.42 Å². The van der Waals surface area contributed by atoms with Gasteiger partial charge in [0.2, 0.25) is 0 Å². The molecular weight excluding hydrogens is 343 g/mol. The molecule has 0 amide bonds. The minimum Gasteiger partial charge on any atom is -0.493 e. The van der Waals surface area contributed by atoms with Gasteiger partial charge in [-0.25, -0.2) is 9.37 Å². The highest BCUT2D eigenvalue weighted by molar-refractivity contribution is 6.29. The van der Waals surface area contributed by atoms with Gasteiger partial charge in [0.05, 0.1) is 19.0 Å². The highest BCUT2D eigenvalue weighted by Gasteiger charge is 2.36. The van der Waals surface area contributed by atoms with E-state index in [1.54, 1.807) is 24.5 Å². The lowest BCUT2D eigenvalue weighted by Gasteiger charge is -2.37. The summed E-state index contributed by atoms with van der Waals surface area (Å²) in [6, 6.07) is 6.71. The molecule has 2 aliphatic rings. The summed E-state index contributed by atoms with van der Waals surface area (Å²) in [6.07, 6.45) is 4.41. The first-order valence-electron chi connectivity index (χ1n) is 8.52. The standard InChI is InChI=1S/C18H20ClFN4O/c19-17-8-21-9-18(22-17)24-6-5-23-10-13(7-15(23)11-24)12-25-16-3-1-14(20)2-4-16/h1-4,8-9,13,15H,5-7,10-12H2/t13-,15-/m0/s1. The molecule has 0 aliphatic carbocycles. The summed E-state index contributed by atoms with van der Waals surface area (Å²) in [6.45, 7) is 4.57. The second kappa shape index (κ2) is 7.14. The van der Waals surface area contributed by atoms with Crippen molar-refractivity contribution in [1.29, 1.82) is 0 Å². The van der Waals surface area contributed by atoms with Crippen LogP contribution in [0.5, 0.6) is 5.75 Å². The van der Waals surface area contributed by atoms with Crippen molar-refractivity contribution in [2.75, 3.05) is 37.7 Å². The zero-order chi connectivity index (χ0) is 17.2. The van der Waals surface area contributed by atoms with E-state index in [1.165, 1.54) is 12.1 Å². The number of fused-ring (bicyclic) bond motifs is 1. The van der Waals surface area contributed by atoms with Gasteiger partial charge in [0.25, 0.3) is 0 Å². The molecular formula is C18H20ClFN4O. The molecule has 0 radical (unpaired) electrons. The van der Waals surface area contributed by atoms with Gasteiger partial charge in [0, 0.05) is 38.1 Å². The van der Waals surface area contributed by atoms with E-state index in [-0.39, 0.29) is 5.82 Å². The number of rotatable bonds is 4. The van der Waals surface area contributed by atoms with E-state index in [2.05, 4.69) is 19.8 Å². The molecule has 1 aromatic heterocycles. The zero-order valence-electron chi connectivity index (χ0n) is 13.8. The maximum atomic E-state index is 12.9. The number of hydrogen-bond donors (Lipinski definition) is 0. The predicted molar refractivity (Wildman–Crippen MR) is 94.6 cm³/mol. The highest BCUT2D eigenvalue weighted by Crippen LogP contribution is 2.29. The van der Waals surface area contributed by atoms with Crippen LogP contribution in [0.2, 0.25) is 5.15 Å². The fourth-order valence-electron chi connectivity index (χ4n) is 3.71. The van der Waals surface area contributed by atoms with Crippen molar-refractivity contribution in [3.63, 3.8) is 0 Å². The minimum absolute atomic E-state index is 0.241. The molecule has 0 bridgehead atoms. The van der Waals surface area contributed by atoms with Crippen molar-refractivity contribution in [2.45, 2.75) is 12.5 Å². The van der Waals surface area contributed by atoms with Gasteiger partial charge in [-0.2, -0.15) is 0 Å². The van der Waals surface area contributed by atoms with Crippen LogP contribution in [-0.4, -0.2) is 53.7 Å². The molecule has 0 unspecified atom stereocenters. The van der Waals surface area contributed by atoms with Crippen LogP contribution in [-0.2, 0) is 0 Å². The van der Waals surface area contributed by atoms with E-state index in [0.29, 0.717) is 23.7 Å². The third-order valence-electron chi connectivity index (χ3n) is 4.92. The molecule has 7 heteroatoms. The summed E-state index contributed by atoms with van der Waals surface area (Å²) >= 11 is 5.96. The Morgan fingerprint density at radius 1 is 1.16 bits per heavy atom. The molecule has 4 rings (SSSR count). The largest absolute Gasteiger partial charge is 0.493 e. The van der Waals surface area contributed by atoms with Crippen molar-refractivity contribution in [3.8, 4) is 5.75 Å². The van der Waals surface area contributed by atoms with E-state index in [4.69, 9.17) is 16.3 Å². The number of anilines is 1. The predicted octanol–water partition coefficient (Wildman–Crippen LogP) is 2.86. The van der Waals surface area contributed by atoms with Gasteiger partial charge < -0.3 is 9.64 Å². The second-order valence-electron chi connectivity index (χ2n) is 6.66. The average molecular weight is 363 g/mol. The summed E-state index contributed by atoms with van der Waals surface area (Å²) < 4.78 is 18.8. The summed E-state index contributed by atoms with van der Waals surface area (Å²) in [7, 11) is 0. The van der Waals surface area contributed by atoms with Crippen LogP contribution in [0.15, 0.2) is 36.7 Å². The summed E-state index contributed by atoms with van der Waals surface area (Å²) in [5.41, 5.74) is 0. The van der Waals surface area contributed by atoms with Crippen molar-refractivity contribution >= 4 is 17.4 Å². The van der Waals surface area contributed by atoms with E-state index in [9.17, 15) is 4.39 Å². The molecule has 5 nitrogen and oxygen atoms in total. The van der Waals surface area contributed by atoms with Gasteiger partial charge in [-0.15, -0.1) is 0 Å². The first kappa shape index (κ1) is 16.5. The van der Waals surface area contributed by atoms with Gasteiger partial charge in [-0.1, -0.05) is 11.6 Å². The lowest BCUT2D eigenvalue weighted by atomic mass is 10.1. The lowest BCUT2D eigenvalue weighted by Crippen LogP contribution is -2.50. The third kappa shape index (κ3) is 3.85. The molecule has 132 valence electrons. The Kier molecular flexibility index (Phi) is 4.72. The molecule has 2 aromatic rings. The van der Waals surface area contributed by atoms with E-state index >= 15 is 0 Å². The summed E-state index contributed by atoms with van der Waals surface area (Å²) in [5, 5.41) is 0.428. The van der Waals surface area contributed by atoms with Gasteiger partial charge in [0.1, 0.15) is 22.5 Å². The molecule has 0 spiro atoms. The Morgan fingerprint density at radius 2 is 2.00 bits per heavy atom. The average Bonchev–Trinajstić information content (AvgIpc) is 3.03. The number of benzene rings is 1. The molecule has 25 heavy (non-hydrogen) atoms. The molecule has 0 N–H and O–H groups in total. The zero-order valence-corrected chi connectivity index (χ0v) is 14.6. The molecule has 2 atom stereocenters. The smallest absolute Gasteiger partial charge is 0.149 e. The normalized spacial score (nSPS) is 23.5. The molecule has 2 fully saturated rings. The fraction of sp³-hybridized carbons (Fsp3) is 0.444. The minimum atomic E-state index is -0.241. The number of nitrogens with zero attached hydrogens (tertiary/aromatic N) is 4. The van der Waals surface area contributed by atoms with Gasteiger partial charge >= 0.3 is 0 Å². The Bertz CT molecular complexity index is 729. The molecule has 3 heterocycles. The Morgan fingerprint density at radius 3 is 2.80 bits per heavy atom. The van der Waals surface area contributed by atoms with Crippen LogP contribution in [0.3, 0.4) is 0 Å². The Labute approximate surface area is 151 Å². The number of ether oxygens (including phenoxy) is 1.